The molecule has 5 nitrogen and oxygen atoms in total. The molecule has 0 spiro atoms. The molecule has 2 rings (SSSR count). The molecule has 96 valence electrons. The van der Waals surface area contributed by atoms with Crippen LogP contribution in [0.2, 0.25) is 0 Å². The molecule has 2 heterocycles. The Bertz CT molecular complexity index is 552. The fourth-order valence-corrected chi connectivity index (χ4v) is 2.43. The Balaban J connectivity index is 2.19. The first-order valence-electron chi connectivity index (χ1n) is 5.49. The summed E-state index contributed by atoms with van der Waals surface area (Å²) in [6.07, 6.45) is 1.45. The van der Waals surface area contributed by atoms with Crippen molar-refractivity contribution in [3.05, 3.63) is 29.9 Å². The number of nitrogens with one attached hydrogen (secondary N) is 1. The molecule has 0 aliphatic rings. The molecule has 3 N–H and O–H groups in total. The summed E-state index contributed by atoms with van der Waals surface area (Å²) >= 11 is 1.26. The lowest BCUT2D eigenvalue weighted by Crippen LogP contribution is -2.15. The number of hydrogen-bond donors (Lipinski definition) is 2. The highest BCUT2D eigenvalue weighted by molar-refractivity contribution is 7.19. The number of carbonyl (C=O) groups excluding carboxylic acids is 1. The Hall–Kier alpha value is -1.82. The molecule has 0 fully saturated rings. The van der Waals surface area contributed by atoms with Gasteiger partial charge < -0.3 is 10.2 Å². The van der Waals surface area contributed by atoms with Gasteiger partial charge in [-0.2, -0.15) is 0 Å². The second kappa shape index (κ2) is 4.45. The summed E-state index contributed by atoms with van der Waals surface area (Å²) in [5.41, 5.74) is 6.55. The molecule has 0 aliphatic carbocycles. The maximum absolute atomic E-state index is 11.8. The lowest BCUT2D eigenvalue weighted by Gasteiger charge is -2.15. The number of amides is 1. The van der Waals surface area contributed by atoms with Crippen molar-refractivity contribution in [2.45, 2.75) is 26.2 Å². The van der Waals surface area contributed by atoms with Crippen molar-refractivity contribution in [1.82, 2.24) is 4.98 Å². The second-order valence-electron chi connectivity index (χ2n) is 4.91. The quantitative estimate of drug-likeness (QED) is 0.874. The molecule has 0 radical (unpaired) electrons. The van der Waals surface area contributed by atoms with E-state index in [9.17, 15) is 4.79 Å². The van der Waals surface area contributed by atoms with Gasteiger partial charge in [0, 0.05) is 5.41 Å². The molecule has 0 unspecified atom stereocenters. The van der Waals surface area contributed by atoms with E-state index >= 15 is 0 Å². The maximum atomic E-state index is 11.8. The monoisotopic (exact) mass is 265 g/mol. The maximum Gasteiger partial charge on any atom is 0.293 e. The molecule has 1 amide bonds. The van der Waals surface area contributed by atoms with Crippen molar-refractivity contribution in [3.63, 3.8) is 0 Å². The Labute approximate surface area is 109 Å². The molecule has 0 saturated carbocycles. The van der Waals surface area contributed by atoms with Crippen LogP contribution in [0.1, 0.15) is 37.0 Å². The Morgan fingerprint density at radius 2 is 2.22 bits per heavy atom. The molecule has 0 aromatic carbocycles. The number of nitrogens with two attached hydrogens (primary N) is 1. The highest BCUT2D eigenvalue weighted by atomic mass is 32.1. The summed E-state index contributed by atoms with van der Waals surface area (Å²) in [4.78, 5) is 16.1. The third-order valence-corrected chi connectivity index (χ3v) is 3.13. The zero-order valence-electron chi connectivity index (χ0n) is 10.5. The summed E-state index contributed by atoms with van der Waals surface area (Å²) in [7, 11) is 0. The molecule has 0 saturated heterocycles. The van der Waals surface area contributed by atoms with E-state index in [0.717, 1.165) is 5.69 Å². The fourth-order valence-electron chi connectivity index (χ4n) is 1.49. The van der Waals surface area contributed by atoms with Crippen molar-refractivity contribution in [3.8, 4) is 0 Å². The first-order chi connectivity index (χ1) is 8.38. The number of carbonyl (C=O) groups is 1. The zero-order chi connectivity index (χ0) is 13.3. The fraction of sp³-hybridized carbons (Fsp3) is 0.333. The van der Waals surface area contributed by atoms with Crippen molar-refractivity contribution < 1.29 is 9.21 Å². The molecule has 0 aliphatic heterocycles. The van der Waals surface area contributed by atoms with Gasteiger partial charge in [-0.25, -0.2) is 4.98 Å². The molecular formula is C12H15N3O2S. The van der Waals surface area contributed by atoms with Crippen molar-refractivity contribution >= 4 is 27.4 Å². The molecule has 2 aromatic heterocycles. The van der Waals surface area contributed by atoms with Gasteiger partial charge in [-0.15, -0.1) is 0 Å². The molecule has 2 aromatic rings. The van der Waals surface area contributed by atoms with Crippen LogP contribution in [0.5, 0.6) is 0 Å². The average molecular weight is 265 g/mol. The van der Waals surface area contributed by atoms with E-state index < -0.39 is 0 Å². The van der Waals surface area contributed by atoms with Crippen LogP contribution in [-0.4, -0.2) is 10.9 Å². The number of aromatic nitrogens is 1. The number of nitrogen functional groups attached to an aromatic ring is 1. The van der Waals surface area contributed by atoms with Crippen LogP contribution in [0.4, 0.5) is 10.1 Å². The minimum atomic E-state index is -0.325. The van der Waals surface area contributed by atoms with Gasteiger partial charge in [0.1, 0.15) is 5.00 Å². The molecule has 0 bridgehead atoms. The van der Waals surface area contributed by atoms with Gasteiger partial charge in [-0.05, 0) is 12.1 Å². The lowest BCUT2D eigenvalue weighted by atomic mass is 9.93. The third-order valence-electron chi connectivity index (χ3n) is 2.33. The van der Waals surface area contributed by atoms with Crippen LogP contribution in [-0.2, 0) is 5.41 Å². The highest BCUT2D eigenvalue weighted by Crippen LogP contribution is 2.34. The summed E-state index contributed by atoms with van der Waals surface area (Å²) < 4.78 is 5.01. The van der Waals surface area contributed by atoms with Crippen LogP contribution < -0.4 is 11.1 Å². The summed E-state index contributed by atoms with van der Waals surface area (Å²) in [6, 6.07) is 3.25. The molecule has 18 heavy (non-hydrogen) atoms. The second-order valence-corrected chi connectivity index (χ2v) is 5.94. The summed E-state index contributed by atoms with van der Waals surface area (Å²) in [5, 5.41) is 3.78. The van der Waals surface area contributed by atoms with E-state index in [4.69, 9.17) is 10.2 Å². The standard InChI is InChI=1S/C12H15N3O2S/c1-12(2,3)8-9(13)18-11(14-8)15-10(16)7-5-4-6-17-7/h4-6H,13H2,1-3H3,(H,14,15,16). The van der Waals surface area contributed by atoms with Gasteiger partial charge in [0.25, 0.3) is 5.91 Å². The van der Waals surface area contributed by atoms with Gasteiger partial charge in [0.05, 0.1) is 12.0 Å². The Kier molecular flexibility index (Phi) is 3.13. The van der Waals surface area contributed by atoms with Crippen LogP contribution in [0.3, 0.4) is 0 Å². The van der Waals surface area contributed by atoms with E-state index in [1.807, 2.05) is 20.8 Å². The predicted octanol–water partition coefficient (Wildman–Crippen LogP) is 2.87. The number of thiazole rings is 1. The van der Waals surface area contributed by atoms with E-state index in [0.29, 0.717) is 10.1 Å². The first kappa shape index (κ1) is 12.6. The minimum absolute atomic E-state index is 0.145. The SMILES string of the molecule is CC(C)(C)c1nc(NC(=O)c2ccco2)sc1N. The first-order valence-corrected chi connectivity index (χ1v) is 6.31. The largest absolute Gasteiger partial charge is 0.459 e. The van der Waals surface area contributed by atoms with Crippen LogP contribution in [0.25, 0.3) is 0 Å². The lowest BCUT2D eigenvalue weighted by molar-refractivity contribution is 0.0996. The summed E-state index contributed by atoms with van der Waals surface area (Å²) in [6.45, 7) is 6.07. The van der Waals surface area contributed by atoms with Gasteiger partial charge >= 0.3 is 0 Å². The van der Waals surface area contributed by atoms with Crippen molar-refractivity contribution in [2.24, 2.45) is 0 Å². The molecule has 6 heteroatoms. The van der Waals surface area contributed by atoms with Gasteiger partial charge in [0.2, 0.25) is 0 Å². The number of furan rings is 1. The highest BCUT2D eigenvalue weighted by Gasteiger charge is 2.22. The van der Waals surface area contributed by atoms with Crippen molar-refractivity contribution in [2.75, 3.05) is 11.1 Å². The molecule has 0 atom stereocenters. The van der Waals surface area contributed by atoms with E-state index in [-0.39, 0.29) is 17.1 Å². The third kappa shape index (κ3) is 2.53. The zero-order valence-corrected chi connectivity index (χ0v) is 11.3. The number of hydrogen-bond acceptors (Lipinski definition) is 5. The minimum Gasteiger partial charge on any atom is -0.459 e. The Morgan fingerprint density at radius 1 is 1.50 bits per heavy atom. The van der Waals surface area contributed by atoms with E-state index in [2.05, 4.69) is 10.3 Å². The van der Waals surface area contributed by atoms with Gasteiger partial charge in [-0.1, -0.05) is 32.1 Å². The number of rotatable bonds is 2. The average Bonchev–Trinajstić information content (AvgIpc) is 2.85. The van der Waals surface area contributed by atoms with Crippen LogP contribution in [0, 0.1) is 0 Å². The normalized spacial score (nSPS) is 11.5. The topological polar surface area (TPSA) is 81.2 Å². The van der Waals surface area contributed by atoms with E-state index in [1.54, 1.807) is 12.1 Å². The smallest absolute Gasteiger partial charge is 0.293 e. The van der Waals surface area contributed by atoms with Gasteiger partial charge in [0.15, 0.2) is 10.9 Å². The van der Waals surface area contributed by atoms with Crippen LogP contribution >= 0.6 is 11.3 Å². The number of anilines is 2. The van der Waals surface area contributed by atoms with Crippen molar-refractivity contribution in [1.29, 1.82) is 0 Å². The molecular weight excluding hydrogens is 250 g/mol. The number of nitrogens with zero attached hydrogens (tertiary/aromatic N) is 1. The van der Waals surface area contributed by atoms with E-state index in [1.165, 1.54) is 17.6 Å². The predicted molar refractivity (Wildman–Crippen MR) is 71.9 cm³/mol. The van der Waals surface area contributed by atoms with Gasteiger partial charge in [-0.3, -0.25) is 10.1 Å². The Morgan fingerprint density at radius 3 is 2.72 bits per heavy atom. The summed E-state index contributed by atoms with van der Waals surface area (Å²) in [5.74, 6) is -0.0738. The van der Waals surface area contributed by atoms with Crippen LogP contribution in [0.15, 0.2) is 22.8 Å².